The Labute approximate surface area is 124 Å². The van der Waals surface area contributed by atoms with E-state index in [9.17, 15) is 9.18 Å². The molecule has 21 heavy (non-hydrogen) atoms. The van der Waals surface area contributed by atoms with Gasteiger partial charge in [-0.25, -0.2) is 4.39 Å². The van der Waals surface area contributed by atoms with E-state index in [1.165, 1.54) is 18.2 Å². The van der Waals surface area contributed by atoms with E-state index in [4.69, 9.17) is 5.11 Å². The summed E-state index contributed by atoms with van der Waals surface area (Å²) in [7, 11) is 2.00. The van der Waals surface area contributed by atoms with Gasteiger partial charge in [0.15, 0.2) is 0 Å². The summed E-state index contributed by atoms with van der Waals surface area (Å²) >= 11 is 0. The predicted octanol–water partition coefficient (Wildman–Crippen LogP) is 0.993. The zero-order valence-electron chi connectivity index (χ0n) is 12.0. The van der Waals surface area contributed by atoms with Gasteiger partial charge in [-0.1, -0.05) is 11.8 Å². The van der Waals surface area contributed by atoms with Gasteiger partial charge < -0.3 is 15.3 Å². The number of aliphatic hydroxyl groups is 1. The number of aliphatic hydroxyl groups excluding tert-OH is 1. The number of likely N-dealkylation sites (N-methyl/N-ethyl adjacent to an activating group) is 1. The molecule has 5 heteroatoms. The normalized spacial score (nSPS) is 18.7. The number of carbonyl (C=O) groups is 1. The van der Waals surface area contributed by atoms with Gasteiger partial charge in [0.25, 0.3) is 5.91 Å². The maximum Gasteiger partial charge on any atom is 0.254 e. The van der Waals surface area contributed by atoms with Gasteiger partial charge in [-0.3, -0.25) is 4.79 Å². The molecule has 4 nitrogen and oxygen atoms in total. The molecule has 1 saturated heterocycles. The first-order valence-electron chi connectivity index (χ1n) is 6.99. The molecule has 1 aliphatic heterocycles. The number of halogens is 1. The number of rotatable bonds is 2. The molecule has 1 unspecified atom stereocenters. The van der Waals surface area contributed by atoms with Crippen LogP contribution in [-0.2, 0) is 0 Å². The van der Waals surface area contributed by atoms with E-state index in [0.29, 0.717) is 5.56 Å². The summed E-state index contributed by atoms with van der Waals surface area (Å²) in [6.45, 7) is 1.53. The summed E-state index contributed by atoms with van der Waals surface area (Å²) in [6.07, 6.45) is 1.92. The van der Waals surface area contributed by atoms with E-state index in [2.05, 4.69) is 22.1 Å². The summed E-state index contributed by atoms with van der Waals surface area (Å²) in [4.78, 5) is 14.3. The van der Waals surface area contributed by atoms with Crippen molar-refractivity contribution in [2.75, 3.05) is 26.7 Å². The van der Waals surface area contributed by atoms with Crippen molar-refractivity contribution >= 4 is 5.91 Å². The second-order valence-corrected chi connectivity index (χ2v) is 5.23. The maximum atomic E-state index is 13.8. The zero-order valence-corrected chi connectivity index (χ0v) is 12.0. The van der Waals surface area contributed by atoms with Crippen LogP contribution in [0.15, 0.2) is 18.2 Å². The van der Waals surface area contributed by atoms with Crippen LogP contribution in [0, 0.1) is 17.7 Å². The lowest BCUT2D eigenvalue weighted by atomic mass is 10.0. The lowest BCUT2D eigenvalue weighted by Gasteiger charge is -2.30. The van der Waals surface area contributed by atoms with Crippen LogP contribution in [0.2, 0.25) is 0 Å². The van der Waals surface area contributed by atoms with Gasteiger partial charge in [-0.05, 0) is 44.6 Å². The molecule has 1 amide bonds. The number of hydrogen-bond donors (Lipinski definition) is 2. The van der Waals surface area contributed by atoms with Crippen molar-refractivity contribution in [2.45, 2.75) is 18.9 Å². The Balaban J connectivity index is 2.10. The second-order valence-electron chi connectivity index (χ2n) is 5.23. The molecule has 0 spiro atoms. The topological polar surface area (TPSA) is 52.6 Å². The average Bonchev–Trinajstić information content (AvgIpc) is 2.46. The van der Waals surface area contributed by atoms with Crippen LogP contribution in [0.25, 0.3) is 0 Å². The third-order valence-electron chi connectivity index (χ3n) is 3.48. The summed E-state index contributed by atoms with van der Waals surface area (Å²) in [5, 5.41) is 11.5. The van der Waals surface area contributed by atoms with Crippen molar-refractivity contribution in [3.63, 3.8) is 0 Å². The number of likely N-dealkylation sites (tertiary alicyclic amines) is 1. The van der Waals surface area contributed by atoms with Gasteiger partial charge in [0, 0.05) is 18.2 Å². The lowest BCUT2D eigenvalue weighted by molar-refractivity contribution is 0.0908. The molecule has 2 N–H and O–H groups in total. The van der Waals surface area contributed by atoms with Crippen molar-refractivity contribution in [2.24, 2.45) is 0 Å². The van der Waals surface area contributed by atoms with E-state index >= 15 is 0 Å². The second kappa shape index (κ2) is 7.21. The molecule has 1 atom stereocenters. The van der Waals surface area contributed by atoms with Gasteiger partial charge in [0.05, 0.1) is 5.56 Å². The Kier molecular flexibility index (Phi) is 5.32. The van der Waals surface area contributed by atoms with Crippen LogP contribution in [0.5, 0.6) is 0 Å². The first kappa shape index (κ1) is 15.5. The van der Waals surface area contributed by atoms with Crippen LogP contribution in [-0.4, -0.2) is 48.7 Å². The molecule has 1 aliphatic rings. The highest BCUT2D eigenvalue weighted by Crippen LogP contribution is 2.13. The molecule has 0 bridgehead atoms. The number of carbonyl (C=O) groups excluding carboxylic acids is 1. The Morgan fingerprint density at radius 1 is 1.57 bits per heavy atom. The first-order chi connectivity index (χ1) is 10.1. The predicted molar refractivity (Wildman–Crippen MR) is 78.3 cm³/mol. The van der Waals surface area contributed by atoms with Crippen LogP contribution in [0.4, 0.5) is 4.39 Å². The highest BCUT2D eigenvalue weighted by Gasteiger charge is 2.21. The van der Waals surface area contributed by atoms with E-state index in [-0.39, 0.29) is 18.2 Å². The fourth-order valence-corrected chi connectivity index (χ4v) is 2.47. The van der Waals surface area contributed by atoms with E-state index in [1.807, 2.05) is 7.05 Å². The molecule has 1 aromatic rings. The number of nitrogens with one attached hydrogen (secondary N) is 1. The zero-order chi connectivity index (χ0) is 15.2. The monoisotopic (exact) mass is 290 g/mol. The highest BCUT2D eigenvalue weighted by atomic mass is 19.1. The first-order valence-corrected chi connectivity index (χ1v) is 6.99. The van der Waals surface area contributed by atoms with Crippen molar-refractivity contribution < 1.29 is 14.3 Å². The van der Waals surface area contributed by atoms with Crippen LogP contribution in [0.3, 0.4) is 0 Å². The SMILES string of the molecule is CN1CCCC(NC(=O)c2cc(C#CCO)ccc2F)C1. The van der Waals surface area contributed by atoms with E-state index < -0.39 is 11.7 Å². The molecular formula is C16H19FN2O2. The summed E-state index contributed by atoms with van der Waals surface area (Å²) < 4.78 is 13.8. The third kappa shape index (κ3) is 4.28. The van der Waals surface area contributed by atoms with Crippen molar-refractivity contribution in [1.82, 2.24) is 10.2 Å². The quantitative estimate of drug-likeness (QED) is 0.799. The highest BCUT2D eigenvalue weighted by molar-refractivity contribution is 5.95. The largest absolute Gasteiger partial charge is 0.384 e. The molecule has 0 saturated carbocycles. The molecule has 0 aliphatic carbocycles. The number of piperidine rings is 1. The van der Waals surface area contributed by atoms with Gasteiger partial charge in [0.2, 0.25) is 0 Å². The third-order valence-corrected chi connectivity index (χ3v) is 3.48. The number of hydrogen-bond acceptors (Lipinski definition) is 3. The molecular weight excluding hydrogens is 271 g/mol. The summed E-state index contributed by atoms with van der Waals surface area (Å²) in [5.41, 5.74) is 0.504. The van der Waals surface area contributed by atoms with Gasteiger partial charge >= 0.3 is 0 Å². The summed E-state index contributed by atoms with van der Waals surface area (Å²) in [6, 6.07) is 4.18. The maximum absolute atomic E-state index is 13.8. The fraction of sp³-hybridized carbons (Fsp3) is 0.438. The summed E-state index contributed by atoms with van der Waals surface area (Å²) in [5.74, 6) is 4.17. The Morgan fingerprint density at radius 2 is 2.38 bits per heavy atom. The van der Waals surface area contributed by atoms with Crippen LogP contribution >= 0.6 is 0 Å². The number of nitrogens with zero attached hydrogens (tertiary/aromatic N) is 1. The van der Waals surface area contributed by atoms with Crippen molar-refractivity contribution in [3.05, 3.63) is 35.1 Å². The average molecular weight is 290 g/mol. The van der Waals surface area contributed by atoms with Gasteiger partial charge in [-0.2, -0.15) is 0 Å². The van der Waals surface area contributed by atoms with Crippen LogP contribution in [0.1, 0.15) is 28.8 Å². The standard InChI is InChI=1S/C16H19FN2O2/c1-19-8-2-5-13(11-19)18-16(21)14-10-12(4-3-9-20)6-7-15(14)17/h6-7,10,13,20H,2,5,8-9,11H2,1H3,(H,18,21). The minimum absolute atomic E-state index is 0.00651. The Morgan fingerprint density at radius 3 is 3.10 bits per heavy atom. The molecule has 1 heterocycles. The molecule has 0 radical (unpaired) electrons. The smallest absolute Gasteiger partial charge is 0.254 e. The van der Waals surface area contributed by atoms with E-state index in [0.717, 1.165) is 25.9 Å². The van der Waals surface area contributed by atoms with Gasteiger partial charge in [-0.15, -0.1) is 0 Å². The molecule has 112 valence electrons. The molecule has 1 fully saturated rings. The lowest BCUT2D eigenvalue weighted by Crippen LogP contribution is -2.46. The number of benzene rings is 1. The van der Waals surface area contributed by atoms with Gasteiger partial charge in [0.1, 0.15) is 12.4 Å². The van der Waals surface area contributed by atoms with Crippen molar-refractivity contribution in [3.8, 4) is 11.8 Å². The van der Waals surface area contributed by atoms with E-state index in [1.54, 1.807) is 0 Å². The minimum atomic E-state index is -0.564. The molecule has 0 aromatic heterocycles. The Bertz CT molecular complexity index is 577. The minimum Gasteiger partial charge on any atom is -0.384 e. The van der Waals surface area contributed by atoms with Crippen LogP contribution < -0.4 is 5.32 Å². The van der Waals surface area contributed by atoms with Crippen molar-refractivity contribution in [1.29, 1.82) is 0 Å². The fourth-order valence-electron chi connectivity index (χ4n) is 2.47. The Hall–Kier alpha value is -1.90. The number of amides is 1. The molecule has 1 aromatic carbocycles. The molecule has 2 rings (SSSR count).